The summed E-state index contributed by atoms with van der Waals surface area (Å²) in [4.78, 5) is 10.7. The molecule has 0 amide bonds. The molecule has 0 saturated heterocycles. The molecule has 2 aromatic rings. The lowest BCUT2D eigenvalue weighted by atomic mass is 9.77. The number of allylic oxidation sites excluding steroid dienone is 2. The molecule has 23 heavy (non-hydrogen) atoms. The van der Waals surface area contributed by atoms with Crippen LogP contribution in [0.25, 0.3) is 0 Å². The van der Waals surface area contributed by atoms with Crippen molar-refractivity contribution in [2.24, 2.45) is 5.92 Å². The van der Waals surface area contributed by atoms with Gasteiger partial charge in [-0.15, -0.1) is 0 Å². The molecule has 116 valence electrons. The lowest BCUT2D eigenvalue weighted by molar-refractivity contribution is -0.384. The summed E-state index contributed by atoms with van der Waals surface area (Å²) in [6.07, 6.45) is 5.37. The van der Waals surface area contributed by atoms with Crippen LogP contribution in [0.4, 0.5) is 11.4 Å². The first kappa shape index (κ1) is 14.5. The topological polar surface area (TPSA) is 55.2 Å². The van der Waals surface area contributed by atoms with Crippen LogP contribution in [-0.2, 0) is 0 Å². The van der Waals surface area contributed by atoms with Crippen molar-refractivity contribution in [1.82, 2.24) is 0 Å². The van der Waals surface area contributed by atoms with Gasteiger partial charge in [-0.2, -0.15) is 0 Å². The monoisotopic (exact) mass is 370 g/mol. The predicted octanol–water partition coefficient (Wildman–Crippen LogP) is 5.18. The third-order valence-corrected chi connectivity index (χ3v) is 5.26. The summed E-state index contributed by atoms with van der Waals surface area (Å²) >= 11 is 3.54. The first-order valence-electron chi connectivity index (χ1n) is 7.60. The fraction of sp³-hybridized carbons (Fsp3) is 0.222. The Bertz CT molecular complexity index is 818. The van der Waals surface area contributed by atoms with Gasteiger partial charge in [0.15, 0.2) is 0 Å². The third kappa shape index (κ3) is 2.45. The normalized spacial score (nSPS) is 24.7. The van der Waals surface area contributed by atoms with E-state index in [-0.39, 0.29) is 22.6 Å². The van der Waals surface area contributed by atoms with Crippen LogP contribution in [0.1, 0.15) is 29.5 Å². The molecule has 4 nitrogen and oxygen atoms in total. The van der Waals surface area contributed by atoms with Crippen molar-refractivity contribution in [2.75, 3.05) is 5.32 Å². The second-order valence-corrected chi connectivity index (χ2v) is 6.97. The summed E-state index contributed by atoms with van der Waals surface area (Å²) in [5.74, 6) is 0.619. The van der Waals surface area contributed by atoms with Crippen LogP contribution in [0.15, 0.2) is 59.1 Å². The van der Waals surface area contributed by atoms with E-state index in [1.807, 2.05) is 18.2 Å². The van der Waals surface area contributed by atoms with Crippen LogP contribution in [0.3, 0.4) is 0 Å². The van der Waals surface area contributed by atoms with Gasteiger partial charge in [-0.25, -0.2) is 0 Å². The van der Waals surface area contributed by atoms with Crippen LogP contribution in [0, 0.1) is 16.0 Å². The first-order valence-corrected chi connectivity index (χ1v) is 8.40. The molecule has 0 bridgehead atoms. The van der Waals surface area contributed by atoms with Crippen molar-refractivity contribution < 1.29 is 4.92 Å². The highest BCUT2D eigenvalue weighted by molar-refractivity contribution is 9.10. The predicted molar refractivity (Wildman–Crippen MR) is 93.6 cm³/mol. The average molecular weight is 371 g/mol. The van der Waals surface area contributed by atoms with Gasteiger partial charge < -0.3 is 5.32 Å². The van der Waals surface area contributed by atoms with Crippen LogP contribution < -0.4 is 5.32 Å². The zero-order chi connectivity index (χ0) is 16.0. The molecule has 0 radical (unpaired) electrons. The molecule has 1 aliphatic heterocycles. The van der Waals surface area contributed by atoms with E-state index in [1.165, 1.54) is 5.56 Å². The fourth-order valence-electron chi connectivity index (χ4n) is 3.73. The number of rotatable bonds is 2. The van der Waals surface area contributed by atoms with Crippen molar-refractivity contribution in [3.63, 3.8) is 0 Å². The van der Waals surface area contributed by atoms with Gasteiger partial charge in [0.05, 0.1) is 11.0 Å². The number of hydrogen-bond donors (Lipinski definition) is 1. The van der Waals surface area contributed by atoms with Crippen LogP contribution in [-0.4, -0.2) is 4.92 Å². The van der Waals surface area contributed by atoms with Gasteiger partial charge in [-0.1, -0.05) is 40.2 Å². The van der Waals surface area contributed by atoms with Crippen LogP contribution in [0.2, 0.25) is 0 Å². The second kappa shape index (κ2) is 5.49. The number of anilines is 1. The molecule has 1 N–H and O–H groups in total. The highest BCUT2D eigenvalue weighted by Gasteiger charge is 2.38. The number of nitro benzene ring substituents is 1. The van der Waals surface area contributed by atoms with E-state index in [2.05, 4.69) is 45.5 Å². The lowest BCUT2D eigenvalue weighted by Crippen LogP contribution is -2.29. The molecule has 0 aromatic heterocycles. The SMILES string of the molecule is O=[N+]([O-])c1ccc2c(c1)[C@H]1C=CC[C@H]1[C@@H](c1cccc(Br)c1)N2. The molecule has 0 spiro atoms. The van der Waals surface area contributed by atoms with Crippen molar-refractivity contribution in [1.29, 1.82) is 0 Å². The van der Waals surface area contributed by atoms with E-state index in [0.29, 0.717) is 5.92 Å². The number of benzene rings is 2. The maximum atomic E-state index is 11.1. The fourth-order valence-corrected chi connectivity index (χ4v) is 4.14. The number of halogens is 1. The highest BCUT2D eigenvalue weighted by Crippen LogP contribution is 2.50. The van der Waals surface area contributed by atoms with Gasteiger partial charge in [0.25, 0.3) is 5.69 Å². The second-order valence-electron chi connectivity index (χ2n) is 6.06. The van der Waals surface area contributed by atoms with Crippen molar-refractivity contribution >= 4 is 27.3 Å². The molecule has 3 atom stereocenters. The van der Waals surface area contributed by atoms with Gasteiger partial charge in [0.2, 0.25) is 0 Å². The Morgan fingerprint density at radius 1 is 1.22 bits per heavy atom. The van der Waals surface area contributed by atoms with Gasteiger partial charge in [0.1, 0.15) is 0 Å². The molecule has 1 heterocycles. The van der Waals surface area contributed by atoms with Gasteiger partial charge >= 0.3 is 0 Å². The van der Waals surface area contributed by atoms with E-state index in [4.69, 9.17) is 0 Å². The highest BCUT2D eigenvalue weighted by atomic mass is 79.9. The third-order valence-electron chi connectivity index (χ3n) is 4.76. The van der Waals surface area contributed by atoms with Crippen LogP contribution >= 0.6 is 15.9 Å². The largest absolute Gasteiger partial charge is 0.378 e. The molecule has 2 aromatic carbocycles. The average Bonchev–Trinajstić information content (AvgIpc) is 3.03. The number of non-ortho nitro benzene ring substituents is 1. The maximum Gasteiger partial charge on any atom is 0.269 e. The Morgan fingerprint density at radius 3 is 2.87 bits per heavy atom. The minimum absolute atomic E-state index is 0.158. The summed E-state index contributed by atoms with van der Waals surface area (Å²) in [6, 6.07) is 13.7. The van der Waals surface area contributed by atoms with Crippen molar-refractivity contribution in [3.05, 3.63) is 80.3 Å². The van der Waals surface area contributed by atoms with Crippen molar-refractivity contribution in [3.8, 4) is 0 Å². The smallest absolute Gasteiger partial charge is 0.269 e. The van der Waals surface area contributed by atoms with E-state index in [0.717, 1.165) is 22.1 Å². The maximum absolute atomic E-state index is 11.1. The summed E-state index contributed by atoms with van der Waals surface area (Å²) in [6.45, 7) is 0. The van der Waals surface area contributed by atoms with Gasteiger partial charge in [-0.05, 0) is 41.7 Å². The number of hydrogen-bond acceptors (Lipinski definition) is 3. The standard InChI is InChI=1S/C18H15BrN2O2/c19-12-4-1-3-11(9-12)18-15-6-2-5-14(15)16-10-13(21(22)23)7-8-17(16)20-18/h1-5,7-10,14-15,18,20H,6H2/t14-,15+,18+/m0/s1. The van der Waals surface area contributed by atoms with E-state index >= 15 is 0 Å². The van der Waals surface area contributed by atoms with Gasteiger partial charge in [0, 0.05) is 28.2 Å². The van der Waals surface area contributed by atoms with E-state index in [1.54, 1.807) is 12.1 Å². The minimum Gasteiger partial charge on any atom is -0.378 e. The quantitative estimate of drug-likeness (QED) is 0.449. The molecular weight excluding hydrogens is 356 g/mol. The van der Waals surface area contributed by atoms with E-state index < -0.39 is 0 Å². The Labute approximate surface area is 142 Å². The number of nitro groups is 1. The first-order chi connectivity index (χ1) is 11.1. The zero-order valence-electron chi connectivity index (χ0n) is 12.3. The van der Waals surface area contributed by atoms with Gasteiger partial charge in [-0.3, -0.25) is 10.1 Å². The molecule has 4 rings (SSSR count). The van der Waals surface area contributed by atoms with E-state index in [9.17, 15) is 10.1 Å². The molecular formula is C18H15BrN2O2. The molecule has 0 fully saturated rings. The number of fused-ring (bicyclic) bond motifs is 3. The number of nitrogens with one attached hydrogen (secondary N) is 1. The van der Waals surface area contributed by atoms with Crippen LogP contribution in [0.5, 0.6) is 0 Å². The zero-order valence-corrected chi connectivity index (χ0v) is 13.9. The molecule has 5 heteroatoms. The molecule has 1 aliphatic carbocycles. The Balaban J connectivity index is 1.79. The number of nitrogens with zero attached hydrogens (tertiary/aromatic N) is 1. The summed E-state index contributed by atoms with van der Waals surface area (Å²) in [5, 5.41) is 14.7. The minimum atomic E-state index is -0.325. The Hall–Kier alpha value is -2.14. The van der Waals surface area contributed by atoms with Crippen molar-refractivity contribution in [2.45, 2.75) is 18.4 Å². The summed E-state index contributed by atoms with van der Waals surface area (Å²) < 4.78 is 1.06. The molecule has 2 aliphatic rings. The summed E-state index contributed by atoms with van der Waals surface area (Å²) in [7, 11) is 0. The Kier molecular flexibility index (Phi) is 3.45. The Morgan fingerprint density at radius 2 is 2.09 bits per heavy atom. The molecule has 0 unspecified atom stereocenters. The molecule has 0 saturated carbocycles. The summed E-state index contributed by atoms with van der Waals surface area (Å²) in [5.41, 5.74) is 3.42. The lowest BCUT2D eigenvalue weighted by Gasteiger charge is -2.37.